The van der Waals surface area contributed by atoms with Crippen molar-refractivity contribution in [1.29, 1.82) is 0 Å². The fraction of sp³-hybridized carbons (Fsp3) is 0.500. The lowest BCUT2D eigenvalue weighted by Gasteiger charge is -2.29. The summed E-state index contributed by atoms with van der Waals surface area (Å²) in [4.78, 5) is 1.71. The van der Waals surface area contributed by atoms with Gasteiger partial charge in [0.05, 0.1) is 6.61 Å². The molecule has 5 nitrogen and oxygen atoms in total. The molecule has 1 heterocycles. The van der Waals surface area contributed by atoms with Gasteiger partial charge in [-0.2, -0.15) is 0 Å². The SMILES string of the molecule is CN1CCOC(COc2ccc(F)cc2S(=O)(=O)Cl)C1. The van der Waals surface area contributed by atoms with Crippen molar-refractivity contribution in [2.24, 2.45) is 0 Å². The highest BCUT2D eigenvalue weighted by atomic mass is 35.7. The van der Waals surface area contributed by atoms with Gasteiger partial charge >= 0.3 is 0 Å². The Labute approximate surface area is 121 Å². The van der Waals surface area contributed by atoms with Gasteiger partial charge < -0.3 is 14.4 Å². The van der Waals surface area contributed by atoms with E-state index in [0.29, 0.717) is 13.2 Å². The fourth-order valence-corrected chi connectivity index (χ4v) is 2.92. The lowest BCUT2D eigenvalue weighted by molar-refractivity contribution is -0.0407. The van der Waals surface area contributed by atoms with Crippen molar-refractivity contribution in [3.63, 3.8) is 0 Å². The summed E-state index contributed by atoms with van der Waals surface area (Å²) in [5.41, 5.74) is 0. The molecular formula is C12H15ClFNO4S. The molecule has 1 aromatic carbocycles. The molecule has 1 aliphatic heterocycles. The zero-order valence-corrected chi connectivity index (χ0v) is 12.5. The normalized spacial score (nSPS) is 20.9. The van der Waals surface area contributed by atoms with E-state index in [0.717, 1.165) is 18.7 Å². The van der Waals surface area contributed by atoms with Crippen LogP contribution < -0.4 is 4.74 Å². The molecule has 1 atom stereocenters. The molecule has 0 spiro atoms. The Morgan fingerprint density at radius 1 is 1.55 bits per heavy atom. The highest BCUT2D eigenvalue weighted by molar-refractivity contribution is 8.13. The van der Waals surface area contributed by atoms with Crippen molar-refractivity contribution >= 4 is 19.7 Å². The summed E-state index contributed by atoms with van der Waals surface area (Å²) in [6.07, 6.45) is -0.162. The van der Waals surface area contributed by atoms with E-state index in [4.69, 9.17) is 20.2 Å². The highest BCUT2D eigenvalue weighted by Crippen LogP contribution is 2.28. The number of hydrogen-bond acceptors (Lipinski definition) is 5. The number of rotatable bonds is 4. The van der Waals surface area contributed by atoms with Crippen LogP contribution in [0.15, 0.2) is 23.1 Å². The third-order valence-electron chi connectivity index (χ3n) is 2.94. The quantitative estimate of drug-likeness (QED) is 0.785. The van der Waals surface area contributed by atoms with E-state index in [1.54, 1.807) is 0 Å². The van der Waals surface area contributed by atoms with Crippen LogP contribution in [0.25, 0.3) is 0 Å². The lowest BCUT2D eigenvalue weighted by Crippen LogP contribution is -2.42. The second kappa shape index (κ2) is 6.26. The van der Waals surface area contributed by atoms with E-state index in [1.165, 1.54) is 6.07 Å². The number of benzene rings is 1. The van der Waals surface area contributed by atoms with Crippen molar-refractivity contribution in [3.05, 3.63) is 24.0 Å². The maximum absolute atomic E-state index is 13.1. The van der Waals surface area contributed by atoms with Gasteiger partial charge in [0.25, 0.3) is 9.05 Å². The number of nitrogens with zero attached hydrogens (tertiary/aromatic N) is 1. The maximum Gasteiger partial charge on any atom is 0.265 e. The topological polar surface area (TPSA) is 55.8 Å². The van der Waals surface area contributed by atoms with Crippen LogP contribution in [0.3, 0.4) is 0 Å². The first-order valence-corrected chi connectivity index (χ1v) is 8.34. The Hall–Kier alpha value is -0.890. The third kappa shape index (κ3) is 4.05. The molecule has 0 aliphatic carbocycles. The first-order valence-electron chi connectivity index (χ1n) is 6.03. The summed E-state index contributed by atoms with van der Waals surface area (Å²) in [7, 11) is 3.16. The zero-order chi connectivity index (χ0) is 14.8. The Morgan fingerprint density at radius 2 is 2.30 bits per heavy atom. The maximum atomic E-state index is 13.1. The first kappa shape index (κ1) is 15.5. The minimum atomic E-state index is -4.06. The number of ether oxygens (including phenoxy) is 2. The van der Waals surface area contributed by atoms with E-state index >= 15 is 0 Å². The summed E-state index contributed by atoms with van der Waals surface area (Å²) in [5.74, 6) is -0.663. The van der Waals surface area contributed by atoms with Gasteiger partial charge in [-0.1, -0.05) is 0 Å². The van der Waals surface area contributed by atoms with Crippen LogP contribution >= 0.6 is 10.7 Å². The molecule has 112 valence electrons. The molecule has 0 bridgehead atoms. The second-order valence-corrected chi connectivity index (χ2v) is 7.13. The fourth-order valence-electron chi connectivity index (χ4n) is 1.94. The third-order valence-corrected chi connectivity index (χ3v) is 4.28. The highest BCUT2D eigenvalue weighted by Gasteiger charge is 2.22. The van der Waals surface area contributed by atoms with Gasteiger partial charge in [-0.15, -0.1) is 0 Å². The summed E-state index contributed by atoms with van der Waals surface area (Å²) in [6, 6.07) is 3.21. The molecule has 0 N–H and O–H groups in total. The zero-order valence-electron chi connectivity index (χ0n) is 10.9. The number of morpholine rings is 1. The Balaban J connectivity index is 2.09. The second-order valence-electron chi connectivity index (χ2n) is 4.59. The summed E-state index contributed by atoms with van der Waals surface area (Å²) < 4.78 is 46.8. The average Bonchev–Trinajstić information content (AvgIpc) is 2.36. The molecule has 0 saturated carbocycles. The smallest absolute Gasteiger partial charge is 0.265 e. The molecule has 0 radical (unpaired) electrons. The average molecular weight is 324 g/mol. The van der Waals surface area contributed by atoms with Crippen LogP contribution in [0.5, 0.6) is 5.75 Å². The monoisotopic (exact) mass is 323 g/mol. The standard InChI is InChI=1S/C12H15ClFNO4S/c1-15-4-5-18-10(7-15)8-19-11-3-2-9(14)6-12(11)20(13,16)17/h2-3,6,10H,4-5,7-8H2,1H3. The van der Waals surface area contributed by atoms with E-state index < -0.39 is 14.9 Å². The molecule has 2 rings (SSSR count). The van der Waals surface area contributed by atoms with Crippen LogP contribution in [-0.4, -0.2) is 52.8 Å². The predicted octanol–water partition coefficient (Wildman–Crippen LogP) is 1.46. The van der Waals surface area contributed by atoms with Crippen LogP contribution in [0.2, 0.25) is 0 Å². The number of halogens is 2. The van der Waals surface area contributed by atoms with E-state index in [1.807, 2.05) is 7.05 Å². The van der Waals surface area contributed by atoms with Crippen molar-refractivity contribution in [3.8, 4) is 5.75 Å². The van der Waals surface area contributed by atoms with Crippen molar-refractivity contribution < 1.29 is 22.3 Å². The van der Waals surface area contributed by atoms with Gasteiger partial charge in [-0.3, -0.25) is 0 Å². The van der Waals surface area contributed by atoms with Crippen LogP contribution in [0.4, 0.5) is 4.39 Å². The largest absolute Gasteiger partial charge is 0.489 e. The molecule has 1 unspecified atom stereocenters. The summed E-state index contributed by atoms with van der Waals surface area (Å²) >= 11 is 0. The van der Waals surface area contributed by atoms with Crippen LogP contribution in [0.1, 0.15) is 0 Å². The van der Waals surface area contributed by atoms with Crippen molar-refractivity contribution in [1.82, 2.24) is 4.90 Å². The van der Waals surface area contributed by atoms with Crippen LogP contribution in [-0.2, 0) is 13.8 Å². The molecule has 20 heavy (non-hydrogen) atoms. The summed E-state index contributed by atoms with van der Waals surface area (Å²) in [6.45, 7) is 2.29. The summed E-state index contributed by atoms with van der Waals surface area (Å²) in [5, 5.41) is 0. The lowest BCUT2D eigenvalue weighted by atomic mass is 10.3. The Bertz CT molecular complexity index is 581. The van der Waals surface area contributed by atoms with E-state index in [2.05, 4.69) is 4.90 Å². The van der Waals surface area contributed by atoms with Crippen molar-refractivity contribution in [2.45, 2.75) is 11.0 Å². The van der Waals surface area contributed by atoms with Crippen molar-refractivity contribution in [2.75, 3.05) is 33.4 Å². The molecule has 0 aromatic heterocycles. The molecule has 1 aliphatic rings. The molecule has 1 aromatic rings. The van der Waals surface area contributed by atoms with Gasteiger partial charge in [0.15, 0.2) is 0 Å². The van der Waals surface area contributed by atoms with Crippen LogP contribution in [0, 0.1) is 5.82 Å². The number of hydrogen-bond donors (Lipinski definition) is 0. The first-order chi connectivity index (χ1) is 9.36. The van der Waals surface area contributed by atoms with E-state index in [-0.39, 0.29) is 23.4 Å². The van der Waals surface area contributed by atoms with Gasteiger partial charge in [-0.05, 0) is 25.2 Å². The minimum absolute atomic E-state index is 0.0261. The molecule has 8 heteroatoms. The van der Waals surface area contributed by atoms with Gasteiger partial charge in [0.1, 0.15) is 29.2 Å². The molecule has 1 saturated heterocycles. The van der Waals surface area contributed by atoms with E-state index in [9.17, 15) is 12.8 Å². The number of likely N-dealkylation sites (N-methyl/N-ethyl adjacent to an activating group) is 1. The van der Waals surface area contributed by atoms with Gasteiger partial charge in [-0.25, -0.2) is 12.8 Å². The Morgan fingerprint density at radius 3 is 2.95 bits per heavy atom. The molecular weight excluding hydrogens is 309 g/mol. The molecule has 1 fully saturated rings. The Kier molecular flexibility index (Phi) is 4.85. The predicted molar refractivity (Wildman–Crippen MR) is 72.2 cm³/mol. The minimum Gasteiger partial charge on any atom is -0.489 e. The molecule has 0 amide bonds. The van der Waals surface area contributed by atoms with Gasteiger partial charge in [0.2, 0.25) is 0 Å². The van der Waals surface area contributed by atoms with Gasteiger partial charge in [0, 0.05) is 23.8 Å².